The molecule has 0 saturated heterocycles. The highest BCUT2D eigenvalue weighted by molar-refractivity contribution is 5.91. The molecule has 0 aromatic heterocycles. The quantitative estimate of drug-likeness (QED) is 0.768. The summed E-state index contributed by atoms with van der Waals surface area (Å²) in [7, 11) is 0. The van der Waals surface area contributed by atoms with Crippen LogP contribution in [-0.2, 0) is 4.79 Å². The molecule has 4 heteroatoms. The van der Waals surface area contributed by atoms with E-state index in [9.17, 15) is 4.79 Å². The van der Waals surface area contributed by atoms with Gasteiger partial charge in [-0.3, -0.25) is 4.79 Å². The van der Waals surface area contributed by atoms with Crippen molar-refractivity contribution in [1.82, 2.24) is 0 Å². The fraction of sp³-hybridized carbons (Fsp3) is 0.562. The maximum Gasteiger partial charge on any atom is 0.224 e. The molecular formula is C16H27N3O. The van der Waals surface area contributed by atoms with Crippen LogP contribution in [0.2, 0.25) is 0 Å². The van der Waals surface area contributed by atoms with Crippen molar-refractivity contribution in [3.8, 4) is 0 Å². The lowest BCUT2D eigenvalue weighted by molar-refractivity contribution is -0.117. The Bertz CT molecular complexity index is 395. The maximum atomic E-state index is 11.9. The molecule has 0 bridgehead atoms. The van der Waals surface area contributed by atoms with Crippen molar-refractivity contribution in [2.75, 3.05) is 29.9 Å². The molecule has 20 heavy (non-hydrogen) atoms. The first-order valence-electron chi connectivity index (χ1n) is 7.49. The second kappa shape index (κ2) is 8.59. The van der Waals surface area contributed by atoms with E-state index in [1.54, 1.807) is 0 Å². The van der Waals surface area contributed by atoms with Gasteiger partial charge >= 0.3 is 0 Å². The monoisotopic (exact) mass is 277 g/mol. The molecule has 0 aliphatic carbocycles. The molecule has 112 valence electrons. The predicted molar refractivity (Wildman–Crippen MR) is 86.1 cm³/mol. The predicted octanol–water partition coefficient (Wildman–Crippen LogP) is 2.85. The summed E-state index contributed by atoms with van der Waals surface area (Å²) in [6, 6.07) is 8.00. The van der Waals surface area contributed by atoms with Crippen molar-refractivity contribution in [3.05, 3.63) is 24.3 Å². The largest absolute Gasteiger partial charge is 0.372 e. The number of anilines is 2. The second-order valence-corrected chi connectivity index (χ2v) is 4.98. The topological polar surface area (TPSA) is 58.4 Å². The Morgan fingerprint density at radius 2 is 1.80 bits per heavy atom. The van der Waals surface area contributed by atoms with Crippen LogP contribution in [0.4, 0.5) is 11.4 Å². The zero-order valence-corrected chi connectivity index (χ0v) is 12.9. The Labute approximate surface area is 122 Å². The van der Waals surface area contributed by atoms with Crippen molar-refractivity contribution in [2.45, 2.75) is 33.6 Å². The van der Waals surface area contributed by atoms with Crippen LogP contribution in [0.25, 0.3) is 0 Å². The first kappa shape index (κ1) is 16.5. The molecule has 1 rings (SSSR count). The molecule has 4 nitrogen and oxygen atoms in total. The third kappa shape index (κ3) is 4.85. The molecule has 1 amide bonds. The Morgan fingerprint density at radius 1 is 1.20 bits per heavy atom. The molecule has 1 aromatic rings. The van der Waals surface area contributed by atoms with E-state index < -0.39 is 0 Å². The number of nitrogens with two attached hydrogens (primary N) is 1. The first-order valence-corrected chi connectivity index (χ1v) is 7.49. The molecule has 0 aliphatic rings. The molecule has 3 N–H and O–H groups in total. The Morgan fingerprint density at radius 3 is 2.25 bits per heavy atom. The number of nitrogens with zero attached hydrogens (tertiary/aromatic N) is 1. The summed E-state index contributed by atoms with van der Waals surface area (Å²) in [6.45, 7) is 8.86. The number of carbonyl (C=O) groups is 1. The average molecular weight is 277 g/mol. The summed E-state index contributed by atoms with van der Waals surface area (Å²) < 4.78 is 0. The van der Waals surface area contributed by atoms with Crippen molar-refractivity contribution in [1.29, 1.82) is 0 Å². The fourth-order valence-corrected chi connectivity index (χ4v) is 2.21. The normalized spacial score (nSPS) is 12.0. The van der Waals surface area contributed by atoms with Crippen molar-refractivity contribution >= 4 is 17.3 Å². The van der Waals surface area contributed by atoms with Gasteiger partial charge < -0.3 is 16.0 Å². The first-order chi connectivity index (χ1) is 9.64. The molecule has 0 saturated carbocycles. The van der Waals surface area contributed by atoms with E-state index in [2.05, 4.69) is 31.0 Å². The van der Waals surface area contributed by atoms with Crippen LogP contribution in [0.3, 0.4) is 0 Å². The summed E-state index contributed by atoms with van der Waals surface area (Å²) >= 11 is 0. The van der Waals surface area contributed by atoms with Gasteiger partial charge in [0.2, 0.25) is 5.91 Å². The van der Waals surface area contributed by atoms with Crippen molar-refractivity contribution in [3.63, 3.8) is 0 Å². The van der Waals surface area contributed by atoms with E-state index in [0.29, 0.717) is 13.0 Å². The highest BCUT2D eigenvalue weighted by Crippen LogP contribution is 2.18. The second-order valence-electron chi connectivity index (χ2n) is 4.98. The molecular weight excluding hydrogens is 250 g/mol. The lowest BCUT2D eigenvalue weighted by Gasteiger charge is -2.21. The minimum Gasteiger partial charge on any atom is -0.372 e. The SMILES string of the molecule is CCC(CN)CC(=O)Nc1ccc(N(CC)CC)cc1. The summed E-state index contributed by atoms with van der Waals surface area (Å²) in [5, 5.41) is 2.93. The number of rotatable bonds is 8. The Balaban J connectivity index is 2.59. The number of carbonyl (C=O) groups excluding carboxylic acids is 1. The van der Waals surface area contributed by atoms with Crippen LogP contribution in [0.5, 0.6) is 0 Å². The fourth-order valence-electron chi connectivity index (χ4n) is 2.21. The van der Waals surface area contributed by atoms with Crippen LogP contribution in [0.1, 0.15) is 33.6 Å². The van der Waals surface area contributed by atoms with Crippen molar-refractivity contribution in [2.24, 2.45) is 11.7 Å². The summed E-state index contributed by atoms with van der Waals surface area (Å²) in [5.74, 6) is 0.308. The molecule has 1 atom stereocenters. The Hall–Kier alpha value is -1.55. The summed E-state index contributed by atoms with van der Waals surface area (Å²) in [4.78, 5) is 14.2. The zero-order valence-electron chi connectivity index (χ0n) is 12.9. The van der Waals surface area contributed by atoms with E-state index in [1.165, 1.54) is 5.69 Å². The van der Waals surface area contributed by atoms with E-state index in [4.69, 9.17) is 5.73 Å². The molecule has 0 aliphatic heterocycles. The van der Waals surface area contributed by atoms with Crippen LogP contribution >= 0.6 is 0 Å². The number of amides is 1. The summed E-state index contributed by atoms with van der Waals surface area (Å²) in [5.41, 5.74) is 7.65. The van der Waals surface area contributed by atoms with Gasteiger partial charge in [-0.15, -0.1) is 0 Å². The average Bonchev–Trinajstić information content (AvgIpc) is 2.47. The van der Waals surface area contributed by atoms with Gasteiger partial charge in [-0.25, -0.2) is 0 Å². The summed E-state index contributed by atoms with van der Waals surface area (Å²) in [6.07, 6.45) is 1.43. The van der Waals surface area contributed by atoms with Crippen LogP contribution < -0.4 is 16.0 Å². The van der Waals surface area contributed by atoms with Gasteiger partial charge in [-0.05, 0) is 50.6 Å². The zero-order chi connectivity index (χ0) is 15.0. The van der Waals surface area contributed by atoms with Gasteiger partial charge in [0.15, 0.2) is 0 Å². The lowest BCUT2D eigenvalue weighted by Crippen LogP contribution is -2.22. The van der Waals surface area contributed by atoms with Crippen LogP contribution in [0, 0.1) is 5.92 Å². The minimum absolute atomic E-state index is 0.0397. The molecule has 0 spiro atoms. The molecule has 0 radical (unpaired) electrons. The molecule has 1 unspecified atom stereocenters. The van der Waals surface area contributed by atoms with Gasteiger partial charge in [0.25, 0.3) is 0 Å². The van der Waals surface area contributed by atoms with Gasteiger partial charge in [-0.2, -0.15) is 0 Å². The standard InChI is InChI=1S/C16H27N3O/c1-4-13(12-17)11-16(20)18-14-7-9-15(10-8-14)19(5-2)6-3/h7-10,13H,4-6,11-12,17H2,1-3H3,(H,18,20). The van der Waals surface area contributed by atoms with Gasteiger partial charge in [0.05, 0.1) is 0 Å². The third-order valence-corrected chi connectivity index (χ3v) is 3.66. The van der Waals surface area contributed by atoms with E-state index in [0.717, 1.165) is 25.2 Å². The molecule has 1 aromatic carbocycles. The van der Waals surface area contributed by atoms with Crippen molar-refractivity contribution < 1.29 is 4.79 Å². The Kier molecular flexibility index (Phi) is 7.09. The van der Waals surface area contributed by atoms with Gasteiger partial charge in [-0.1, -0.05) is 13.3 Å². The highest BCUT2D eigenvalue weighted by Gasteiger charge is 2.10. The highest BCUT2D eigenvalue weighted by atomic mass is 16.1. The van der Waals surface area contributed by atoms with Crippen LogP contribution in [-0.4, -0.2) is 25.5 Å². The third-order valence-electron chi connectivity index (χ3n) is 3.66. The van der Waals surface area contributed by atoms with Gasteiger partial charge in [0.1, 0.15) is 0 Å². The number of benzene rings is 1. The van der Waals surface area contributed by atoms with Gasteiger partial charge in [0, 0.05) is 30.9 Å². The number of hydrogen-bond donors (Lipinski definition) is 2. The number of nitrogens with one attached hydrogen (secondary N) is 1. The maximum absolute atomic E-state index is 11.9. The lowest BCUT2D eigenvalue weighted by atomic mass is 10.0. The van der Waals surface area contributed by atoms with E-state index in [-0.39, 0.29) is 11.8 Å². The number of hydrogen-bond acceptors (Lipinski definition) is 3. The van der Waals surface area contributed by atoms with E-state index in [1.807, 2.05) is 24.3 Å². The molecule has 0 fully saturated rings. The van der Waals surface area contributed by atoms with E-state index >= 15 is 0 Å². The van der Waals surface area contributed by atoms with Crippen LogP contribution in [0.15, 0.2) is 24.3 Å². The smallest absolute Gasteiger partial charge is 0.224 e. The molecule has 0 heterocycles. The minimum atomic E-state index is 0.0397.